The third kappa shape index (κ3) is 2.65. The van der Waals surface area contributed by atoms with Gasteiger partial charge in [-0.2, -0.15) is 5.26 Å². The van der Waals surface area contributed by atoms with Crippen molar-refractivity contribution in [2.45, 2.75) is 32.2 Å². The quantitative estimate of drug-likeness (QED) is 0.845. The van der Waals surface area contributed by atoms with Crippen LogP contribution in [0.25, 0.3) is 0 Å². The van der Waals surface area contributed by atoms with Crippen LogP contribution in [0.15, 0.2) is 24.3 Å². The zero-order chi connectivity index (χ0) is 12.3. The number of nitrogens with one attached hydrogen (secondary N) is 1. The summed E-state index contributed by atoms with van der Waals surface area (Å²) in [5.74, 6) is 0.533. The first-order valence-electron chi connectivity index (χ1n) is 6.01. The lowest BCUT2D eigenvalue weighted by molar-refractivity contribution is 0.0929. The largest absolute Gasteiger partial charge is 0.349 e. The van der Waals surface area contributed by atoms with Gasteiger partial charge in [0.25, 0.3) is 5.91 Å². The molecular weight excluding hydrogens is 212 g/mol. The molecule has 2 unspecified atom stereocenters. The Labute approximate surface area is 101 Å². The van der Waals surface area contributed by atoms with E-state index in [0.717, 1.165) is 6.42 Å². The zero-order valence-electron chi connectivity index (χ0n) is 9.94. The summed E-state index contributed by atoms with van der Waals surface area (Å²) in [6.07, 6.45) is 3.46. The topological polar surface area (TPSA) is 52.9 Å². The summed E-state index contributed by atoms with van der Waals surface area (Å²) in [5.41, 5.74) is 1.21. The molecule has 1 aromatic carbocycles. The highest BCUT2D eigenvalue weighted by Gasteiger charge is 2.24. The predicted octanol–water partition coefficient (Wildman–Crippen LogP) is 2.48. The minimum atomic E-state index is -0.0340. The molecule has 0 bridgehead atoms. The van der Waals surface area contributed by atoms with Crippen molar-refractivity contribution in [2.75, 3.05) is 0 Å². The van der Waals surface area contributed by atoms with E-state index in [4.69, 9.17) is 5.26 Å². The number of benzene rings is 1. The molecule has 1 aromatic rings. The van der Waals surface area contributed by atoms with Gasteiger partial charge >= 0.3 is 0 Å². The molecule has 3 heteroatoms. The minimum Gasteiger partial charge on any atom is -0.349 e. The molecule has 0 heterocycles. The van der Waals surface area contributed by atoms with Crippen molar-refractivity contribution in [3.8, 4) is 6.07 Å². The molecule has 1 N–H and O–H groups in total. The Bertz CT molecular complexity index is 444. The SMILES string of the molecule is CC1CCCC1NC(=O)c1ccc(C#N)cc1. The Kier molecular flexibility index (Phi) is 3.43. The molecule has 0 saturated heterocycles. The van der Waals surface area contributed by atoms with Gasteiger partial charge < -0.3 is 5.32 Å². The predicted molar refractivity (Wildman–Crippen MR) is 65.4 cm³/mol. The highest BCUT2D eigenvalue weighted by Crippen LogP contribution is 2.25. The molecule has 0 radical (unpaired) electrons. The second-order valence-electron chi connectivity index (χ2n) is 4.68. The maximum atomic E-state index is 12.0. The van der Waals surface area contributed by atoms with Gasteiger partial charge in [-0.05, 0) is 43.0 Å². The van der Waals surface area contributed by atoms with Crippen molar-refractivity contribution in [1.82, 2.24) is 5.32 Å². The van der Waals surface area contributed by atoms with Gasteiger partial charge in [-0.25, -0.2) is 0 Å². The smallest absolute Gasteiger partial charge is 0.251 e. The van der Waals surface area contributed by atoms with Crippen LogP contribution >= 0.6 is 0 Å². The summed E-state index contributed by atoms with van der Waals surface area (Å²) in [6, 6.07) is 9.10. The molecule has 0 aliphatic heterocycles. The number of carbonyl (C=O) groups excluding carboxylic acids is 1. The lowest BCUT2D eigenvalue weighted by Crippen LogP contribution is -2.36. The molecule has 17 heavy (non-hydrogen) atoms. The van der Waals surface area contributed by atoms with Crippen molar-refractivity contribution >= 4 is 5.91 Å². The van der Waals surface area contributed by atoms with E-state index in [2.05, 4.69) is 12.2 Å². The molecule has 88 valence electrons. The Morgan fingerprint density at radius 1 is 1.35 bits per heavy atom. The minimum absolute atomic E-state index is 0.0340. The van der Waals surface area contributed by atoms with Crippen LogP contribution in [0.4, 0.5) is 0 Å². The number of hydrogen-bond acceptors (Lipinski definition) is 2. The molecule has 2 atom stereocenters. The van der Waals surface area contributed by atoms with Crippen LogP contribution in [-0.2, 0) is 0 Å². The average molecular weight is 228 g/mol. The summed E-state index contributed by atoms with van der Waals surface area (Å²) in [7, 11) is 0. The Hall–Kier alpha value is -1.82. The van der Waals surface area contributed by atoms with Crippen LogP contribution in [0.5, 0.6) is 0 Å². The Morgan fingerprint density at radius 2 is 2.06 bits per heavy atom. The lowest BCUT2D eigenvalue weighted by atomic mass is 10.1. The van der Waals surface area contributed by atoms with Gasteiger partial charge in [0, 0.05) is 11.6 Å². The van der Waals surface area contributed by atoms with Crippen LogP contribution in [-0.4, -0.2) is 11.9 Å². The molecule has 2 rings (SSSR count). The molecule has 1 amide bonds. The number of rotatable bonds is 2. The van der Waals surface area contributed by atoms with E-state index in [0.29, 0.717) is 23.1 Å². The van der Waals surface area contributed by atoms with E-state index in [1.165, 1.54) is 12.8 Å². The lowest BCUT2D eigenvalue weighted by Gasteiger charge is -2.17. The van der Waals surface area contributed by atoms with Crippen molar-refractivity contribution in [2.24, 2.45) is 5.92 Å². The number of nitrogens with zero attached hydrogens (tertiary/aromatic N) is 1. The van der Waals surface area contributed by atoms with Gasteiger partial charge in [0.15, 0.2) is 0 Å². The summed E-state index contributed by atoms with van der Waals surface area (Å²) in [5, 5.41) is 11.7. The van der Waals surface area contributed by atoms with E-state index in [1.54, 1.807) is 24.3 Å². The van der Waals surface area contributed by atoms with Gasteiger partial charge in [-0.3, -0.25) is 4.79 Å². The normalized spacial score (nSPS) is 23.1. The molecule has 1 saturated carbocycles. The number of amides is 1. The summed E-state index contributed by atoms with van der Waals surface area (Å²) in [6.45, 7) is 2.18. The maximum Gasteiger partial charge on any atom is 0.251 e. The molecule has 3 nitrogen and oxygen atoms in total. The second-order valence-corrected chi connectivity index (χ2v) is 4.68. The van der Waals surface area contributed by atoms with Gasteiger partial charge in [0.2, 0.25) is 0 Å². The van der Waals surface area contributed by atoms with Gasteiger partial charge in [0.05, 0.1) is 11.6 Å². The van der Waals surface area contributed by atoms with Crippen LogP contribution in [0.3, 0.4) is 0 Å². The summed E-state index contributed by atoms with van der Waals surface area (Å²) in [4.78, 5) is 12.0. The molecular formula is C14H16N2O. The maximum absolute atomic E-state index is 12.0. The molecule has 1 aliphatic carbocycles. The van der Waals surface area contributed by atoms with E-state index >= 15 is 0 Å². The summed E-state index contributed by atoms with van der Waals surface area (Å²) < 4.78 is 0. The van der Waals surface area contributed by atoms with Crippen molar-refractivity contribution in [1.29, 1.82) is 5.26 Å². The first kappa shape index (κ1) is 11.7. The number of hydrogen-bond donors (Lipinski definition) is 1. The third-order valence-electron chi connectivity index (χ3n) is 3.45. The Morgan fingerprint density at radius 3 is 2.59 bits per heavy atom. The standard InChI is InChI=1S/C14H16N2O/c1-10-3-2-4-13(10)16-14(17)12-7-5-11(9-15)6-8-12/h5-8,10,13H,2-4H2,1H3,(H,16,17). The van der Waals surface area contributed by atoms with Crippen LogP contribution in [0.1, 0.15) is 42.1 Å². The zero-order valence-corrected chi connectivity index (χ0v) is 9.94. The first-order chi connectivity index (χ1) is 8.20. The van der Waals surface area contributed by atoms with E-state index < -0.39 is 0 Å². The Balaban J connectivity index is 2.02. The van der Waals surface area contributed by atoms with Crippen molar-refractivity contribution in [3.63, 3.8) is 0 Å². The van der Waals surface area contributed by atoms with Crippen molar-refractivity contribution in [3.05, 3.63) is 35.4 Å². The highest BCUT2D eigenvalue weighted by molar-refractivity contribution is 5.94. The van der Waals surface area contributed by atoms with Crippen molar-refractivity contribution < 1.29 is 4.79 Å². The van der Waals surface area contributed by atoms with Gasteiger partial charge in [0.1, 0.15) is 0 Å². The first-order valence-corrected chi connectivity index (χ1v) is 6.01. The van der Waals surface area contributed by atoms with E-state index in [9.17, 15) is 4.79 Å². The third-order valence-corrected chi connectivity index (χ3v) is 3.45. The van der Waals surface area contributed by atoms with E-state index in [1.807, 2.05) is 6.07 Å². The number of carbonyl (C=O) groups is 1. The average Bonchev–Trinajstić information content (AvgIpc) is 2.75. The molecule has 0 aromatic heterocycles. The molecule has 0 spiro atoms. The van der Waals surface area contributed by atoms with Gasteiger partial charge in [-0.15, -0.1) is 0 Å². The fourth-order valence-corrected chi connectivity index (χ4v) is 2.31. The monoisotopic (exact) mass is 228 g/mol. The van der Waals surface area contributed by atoms with E-state index in [-0.39, 0.29) is 5.91 Å². The number of nitriles is 1. The van der Waals surface area contributed by atoms with Crippen LogP contribution in [0.2, 0.25) is 0 Å². The fraction of sp³-hybridized carbons (Fsp3) is 0.429. The highest BCUT2D eigenvalue weighted by atomic mass is 16.1. The van der Waals surface area contributed by atoms with Gasteiger partial charge in [-0.1, -0.05) is 13.3 Å². The fourth-order valence-electron chi connectivity index (χ4n) is 2.31. The second kappa shape index (κ2) is 5.01. The summed E-state index contributed by atoms with van der Waals surface area (Å²) >= 11 is 0. The molecule has 1 aliphatic rings. The van der Waals surface area contributed by atoms with Crippen LogP contribution < -0.4 is 5.32 Å². The van der Waals surface area contributed by atoms with Crippen LogP contribution in [0, 0.1) is 17.2 Å². The molecule has 1 fully saturated rings.